The molecule has 145 heavy (non-hydrogen) atoms. The van der Waals surface area contributed by atoms with Gasteiger partial charge >= 0.3 is 0 Å². The van der Waals surface area contributed by atoms with Gasteiger partial charge in [0.05, 0.1) is 52.5 Å². The Kier molecular flexibility index (Phi) is 60.3. The number of benzene rings is 5. The van der Waals surface area contributed by atoms with Crippen molar-refractivity contribution in [1.82, 2.24) is 100 Å². The van der Waals surface area contributed by atoms with Crippen molar-refractivity contribution < 1.29 is 52.5 Å². The summed E-state index contributed by atoms with van der Waals surface area (Å²) in [6, 6.07) is 41.9. The number of likely N-dealkylation sites (N-methyl/N-ethyl adjacent to an activating group) is 5. The van der Waals surface area contributed by atoms with E-state index in [1.807, 2.05) is 60.7 Å². The lowest BCUT2D eigenvalue weighted by Gasteiger charge is -2.40. The van der Waals surface area contributed by atoms with Gasteiger partial charge in [0.2, 0.25) is 35.4 Å². The Morgan fingerprint density at radius 1 is 0.241 bits per heavy atom. The normalized spacial score (nSPS) is 18.7. The lowest BCUT2D eigenvalue weighted by molar-refractivity contribution is -0.123. The molecule has 0 atom stereocenters. The molecule has 9 heterocycles. The number of ether oxygens (including phenoxy) is 5. The number of piperidine rings is 4. The topological polar surface area (TPSA) is 266 Å². The molecule has 6 N–H and O–H groups in total. The molecule has 9 aliphatic heterocycles. The van der Waals surface area contributed by atoms with Crippen LogP contribution in [0.1, 0.15) is 138 Å². The van der Waals surface area contributed by atoms with E-state index in [2.05, 4.69) is 217 Å². The number of hydrogen-bond donors (Lipinski definition) is 6. The third-order valence-corrected chi connectivity index (χ3v) is 29.5. The minimum Gasteiger partial charge on any atom is -0.494 e. The van der Waals surface area contributed by atoms with Crippen LogP contribution >= 0.6 is 0 Å². The molecule has 0 aromatic heterocycles. The first-order valence-electron chi connectivity index (χ1n) is 55.1. The summed E-state index contributed by atoms with van der Waals surface area (Å²) in [5, 5.41) is 16.1. The standard InChI is InChI=1S/C19H31N3O2.C18H29N3O2.C17H27N3O2.C17H26N2O2.C16H25N3O2.C15H30N4O.C12H24N2/c1-17-6-8-18(9-7-17)24-15-5-3-4-10-21-11-13-22(14-12-21)16-19(23)20-2;1-16-5-7-17(8-6-16)23-14-4-3-9-20-10-12-21(13-11-20)15-18(22)19-2;1-15-4-6-16(7-5-15)22-13-3-8-19-9-11-20(12-10-19)14-17(21)18-2;1-14-3-5-16(6-4-14)21-12-11-19-9-7-15(8-10-19)13-17(20)18-2;1-14-3-5-15(6-4-14)21-12-11-18-7-9-19(10-8-18)13-16(20)17-2;1-14-3-5-17(6-4-14)7-8-18-9-11-19(12-10-18)13-15(20)16-2;1-11-3-9-14(10-4-11)12-5-7-13(2)8-6-12/h6-9H,3-5,10-16H2,1-2H3,(H,20,23);5-8H,3-4,9-15H2,1-2H3,(H,19,22);4-7H,3,8-14H2,1-2H3,(H,18,21);3-6,15H,7-13H2,1-2H3,(H,18,20);3-6H,7-13H2,1-2H3,(H,17,20);14H,3-13H2,1-2H3,(H,16,20);11-12H,3-10H2,1-2H3. The summed E-state index contributed by atoms with van der Waals surface area (Å²) in [5.41, 5.74) is 6.27. The maximum Gasteiger partial charge on any atom is 0.233 e. The zero-order chi connectivity index (χ0) is 104. The van der Waals surface area contributed by atoms with E-state index in [1.54, 1.807) is 42.3 Å². The molecule has 0 unspecified atom stereocenters. The first-order chi connectivity index (χ1) is 70.3. The van der Waals surface area contributed by atoms with Crippen LogP contribution < -0.4 is 55.6 Å². The molecule has 0 bridgehead atoms. The predicted molar refractivity (Wildman–Crippen MR) is 589 cm³/mol. The lowest BCUT2D eigenvalue weighted by Crippen LogP contribution is -2.50. The first-order valence-corrected chi connectivity index (χ1v) is 55.1. The fourth-order valence-corrected chi connectivity index (χ4v) is 19.0. The number of carbonyl (C=O) groups excluding carboxylic acids is 6. The largest absolute Gasteiger partial charge is 0.494 e. The molecule has 31 nitrogen and oxygen atoms in total. The van der Waals surface area contributed by atoms with Gasteiger partial charge in [-0.25, -0.2) is 0 Å². The molecule has 9 fully saturated rings. The Morgan fingerprint density at radius 2 is 0.469 bits per heavy atom. The Bertz CT molecular complexity index is 4130. The van der Waals surface area contributed by atoms with Crippen molar-refractivity contribution >= 4 is 35.4 Å². The van der Waals surface area contributed by atoms with E-state index in [0.29, 0.717) is 51.7 Å². The minimum absolute atomic E-state index is 0.0890. The van der Waals surface area contributed by atoms with E-state index >= 15 is 0 Å². The van der Waals surface area contributed by atoms with Crippen LogP contribution in [-0.4, -0.2) is 454 Å². The van der Waals surface area contributed by atoms with Crippen molar-refractivity contribution in [3.8, 4) is 28.7 Å². The molecule has 6 amide bonds. The molecule has 9 aliphatic rings. The minimum atomic E-state index is 0.0890. The molecular formula is C114H192N20O11. The molecule has 814 valence electrons. The maximum atomic E-state index is 11.4. The van der Waals surface area contributed by atoms with Crippen molar-refractivity contribution in [2.24, 2.45) is 17.8 Å². The van der Waals surface area contributed by atoms with Crippen molar-refractivity contribution in [3.63, 3.8) is 0 Å². The van der Waals surface area contributed by atoms with E-state index in [9.17, 15) is 28.8 Å². The summed E-state index contributed by atoms with van der Waals surface area (Å²) >= 11 is 0. The Labute approximate surface area is 874 Å². The zero-order valence-corrected chi connectivity index (χ0v) is 92.0. The molecule has 31 heteroatoms. The van der Waals surface area contributed by atoms with Crippen LogP contribution in [0.4, 0.5) is 0 Å². The maximum absolute atomic E-state index is 11.4. The molecule has 0 spiro atoms. The number of hydrogen-bond acceptors (Lipinski definition) is 25. The van der Waals surface area contributed by atoms with Gasteiger partial charge in [-0.2, -0.15) is 0 Å². The van der Waals surface area contributed by atoms with E-state index in [0.717, 1.165) is 288 Å². The summed E-state index contributed by atoms with van der Waals surface area (Å²) in [5.74, 6) is 7.85. The number of piperazine rings is 5. The van der Waals surface area contributed by atoms with Crippen LogP contribution in [-0.2, 0) is 28.8 Å². The second kappa shape index (κ2) is 71.9. The number of carbonyl (C=O) groups is 6. The number of nitrogens with zero attached hydrogens (tertiary/aromatic N) is 14. The highest BCUT2D eigenvalue weighted by atomic mass is 16.5. The van der Waals surface area contributed by atoms with Gasteiger partial charge < -0.3 is 85.0 Å². The summed E-state index contributed by atoms with van der Waals surface area (Å²) < 4.78 is 28.8. The summed E-state index contributed by atoms with van der Waals surface area (Å²) in [6.07, 6.45) is 18.0. The second-order valence-corrected chi connectivity index (χ2v) is 41.3. The number of nitrogens with one attached hydrogen (secondary N) is 6. The molecule has 0 saturated carbocycles. The monoisotopic (exact) mass is 2020 g/mol. The molecule has 14 rings (SSSR count). The van der Waals surface area contributed by atoms with Crippen molar-refractivity contribution in [2.75, 3.05) is 344 Å². The van der Waals surface area contributed by atoms with E-state index in [1.165, 1.54) is 132 Å². The second-order valence-electron chi connectivity index (χ2n) is 41.3. The van der Waals surface area contributed by atoms with Crippen molar-refractivity contribution in [2.45, 2.75) is 151 Å². The first kappa shape index (κ1) is 122. The van der Waals surface area contributed by atoms with E-state index in [-0.39, 0.29) is 35.4 Å². The predicted octanol–water partition coefficient (Wildman–Crippen LogP) is 9.41. The van der Waals surface area contributed by atoms with Gasteiger partial charge in [0.25, 0.3) is 0 Å². The van der Waals surface area contributed by atoms with Crippen LogP contribution in [0.2, 0.25) is 0 Å². The number of amides is 6. The molecule has 9 saturated heterocycles. The van der Waals surface area contributed by atoms with Gasteiger partial charge in [0.1, 0.15) is 42.0 Å². The third-order valence-electron chi connectivity index (χ3n) is 29.5. The SMILES string of the molecule is CC1CCN(C2CCN(C)CC2)CC1.CNC(=O)CC1CCN(CCOc2ccc(C)cc2)CC1.CNC(=O)CN1CCN(CCCCCOc2ccc(C)cc2)CC1.CNC(=O)CN1CCN(CCCCOc2ccc(C)cc2)CC1.CNC(=O)CN1CCN(CCCOc2ccc(C)cc2)CC1.CNC(=O)CN1CCN(CCN2CCC(C)CC2)CC1.CNC(=O)CN1CCN(CCOc2ccc(C)cc2)CC1. The molecule has 5 aromatic rings. The highest BCUT2D eigenvalue weighted by Crippen LogP contribution is 2.26. The van der Waals surface area contributed by atoms with Crippen LogP contribution in [0.5, 0.6) is 28.7 Å². The number of rotatable bonds is 42. The van der Waals surface area contributed by atoms with E-state index < -0.39 is 0 Å². The Hall–Kier alpha value is -8.64. The van der Waals surface area contributed by atoms with Crippen LogP contribution in [0, 0.1) is 52.4 Å². The molecule has 5 aromatic carbocycles. The van der Waals surface area contributed by atoms with Gasteiger partial charge in [-0.3, -0.25) is 68.0 Å². The molecule has 0 radical (unpaired) electrons. The highest BCUT2D eigenvalue weighted by molar-refractivity contribution is 5.79. The van der Waals surface area contributed by atoms with Gasteiger partial charge in [-0.15, -0.1) is 0 Å². The van der Waals surface area contributed by atoms with Crippen molar-refractivity contribution in [3.05, 3.63) is 149 Å². The van der Waals surface area contributed by atoms with Gasteiger partial charge in [0, 0.05) is 218 Å². The smallest absolute Gasteiger partial charge is 0.233 e. The van der Waals surface area contributed by atoms with Gasteiger partial charge in [-0.05, 0) is 275 Å². The number of unbranched alkanes of at least 4 members (excludes halogenated alkanes) is 3. The van der Waals surface area contributed by atoms with Gasteiger partial charge in [0.15, 0.2) is 0 Å². The van der Waals surface area contributed by atoms with Crippen LogP contribution in [0.15, 0.2) is 121 Å². The molecule has 0 aliphatic carbocycles. The Morgan fingerprint density at radius 3 is 0.772 bits per heavy atom. The fraction of sp³-hybridized carbons (Fsp3) is 0.684. The summed E-state index contributed by atoms with van der Waals surface area (Å²) in [7, 11) is 12.4. The highest BCUT2D eigenvalue weighted by Gasteiger charge is 2.29. The molecular weight excluding hydrogens is 1830 g/mol. The quantitative estimate of drug-likeness (QED) is 0.0199. The van der Waals surface area contributed by atoms with Crippen molar-refractivity contribution in [1.29, 1.82) is 0 Å². The Balaban J connectivity index is 0.000000207. The van der Waals surface area contributed by atoms with E-state index in [4.69, 9.17) is 23.7 Å². The average Bonchev–Trinajstić information content (AvgIpc) is 0.858. The number of aryl methyl sites for hydroxylation is 5. The third kappa shape index (κ3) is 53.4. The lowest BCUT2D eigenvalue weighted by atomic mass is 9.93. The van der Waals surface area contributed by atoms with Gasteiger partial charge in [-0.1, -0.05) is 102 Å². The number of likely N-dealkylation sites (tertiary alicyclic amines) is 4. The average molecular weight is 2020 g/mol. The fourth-order valence-electron chi connectivity index (χ4n) is 19.0. The van der Waals surface area contributed by atoms with Crippen LogP contribution in [0.3, 0.4) is 0 Å². The summed E-state index contributed by atoms with van der Waals surface area (Å²) in [4.78, 5) is 102. The van der Waals surface area contributed by atoms with Crippen LogP contribution in [0.25, 0.3) is 0 Å². The zero-order valence-electron chi connectivity index (χ0n) is 92.0. The summed E-state index contributed by atoms with van der Waals surface area (Å²) in [6.45, 7) is 59.4.